The van der Waals surface area contributed by atoms with Crippen molar-refractivity contribution in [1.82, 2.24) is 0 Å². The van der Waals surface area contributed by atoms with E-state index in [0.29, 0.717) is 22.7 Å². The van der Waals surface area contributed by atoms with Gasteiger partial charge >= 0.3 is 5.97 Å². The van der Waals surface area contributed by atoms with E-state index in [9.17, 15) is 9.59 Å². The van der Waals surface area contributed by atoms with E-state index in [2.05, 4.69) is 5.32 Å². The van der Waals surface area contributed by atoms with Gasteiger partial charge in [0.25, 0.3) is 5.91 Å². The summed E-state index contributed by atoms with van der Waals surface area (Å²) in [7, 11) is 1.52. The minimum atomic E-state index is -0.587. The summed E-state index contributed by atoms with van der Waals surface area (Å²) >= 11 is 0. The van der Waals surface area contributed by atoms with E-state index in [-0.39, 0.29) is 6.61 Å². The summed E-state index contributed by atoms with van der Waals surface area (Å²) in [6, 6.07) is 11.7. The molecule has 0 spiro atoms. The lowest BCUT2D eigenvalue weighted by Gasteiger charge is -2.11. The number of benzene rings is 2. The van der Waals surface area contributed by atoms with Crippen LogP contribution in [0.2, 0.25) is 0 Å². The quantitative estimate of drug-likeness (QED) is 0.653. The normalized spacial score (nSPS) is 10.0. The molecule has 0 saturated heterocycles. The first-order valence-electron chi connectivity index (χ1n) is 6.97. The topological polar surface area (TPSA) is 90.6 Å². The highest BCUT2D eigenvalue weighted by Crippen LogP contribution is 2.25. The van der Waals surface area contributed by atoms with Gasteiger partial charge in [0.1, 0.15) is 5.75 Å². The second kappa shape index (κ2) is 7.31. The van der Waals surface area contributed by atoms with Crippen molar-refractivity contribution in [1.29, 1.82) is 0 Å². The molecule has 120 valence electrons. The van der Waals surface area contributed by atoms with Crippen LogP contribution in [-0.4, -0.2) is 25.6 Å². The number of hydrogen-bond acceptors (Lipinski definition) is 5. The molecule has 0 unspecified atom stereocenters. The average Bonchev–Trinajstić information content (AvgIpc) is 2.53. The molecule has 1 amide bonds. The molecule has 0 aliphatic carbocycles. The van der Waals surface area contributed by atoms with E-state index in [4.69, 9.17) is 15.2 Å². The minimum Gasteiger partial charge on any atom is -0.495 e. The van der Waals surface area contributed by atoms with Crippen LogP contribution in [0.1, 0.15) is 15.9 Å². The lowest BCUT2D eigenvalue weighted by atomic mass is 10.2. The Kier molecular flexibility index (Phi) is 5.19. The number of amides is 1. The first-order chi connectivity index (χ1) is 11.0. The molecule has 0 aromatic heterocycles. The molecule has 0 heterocycles. The molecule has 0 atom stereocenters. The Morgan fingerprint density at radius 3 is 2.48 bits per heavy atom. The molecule has 2 aromatic rings. The molecule has 0 bridgehead atoms. The molecule has 0 fully saturated rings. The largest absolute Gasteiger partial charge is 0.495 e. The zero-order valence-electron chi connectivity index (χ0n) is 13.0. The molecule has 6 nitrogen and oxygen atoms in total. The van der Waals surface area contributed by atoms with Crippen LogP contribution >= 0.6 is 0 Å². The number of carbonyl (C=O) groups excluding carboxylic acids is 2. The highest BCUT2D eigenvalue weighted by atomic mass is 16.5. The standard InChI is InChI=1S/C17H18N2O4/c1-11-3-8-15(22-2)14(9-11)19-16(20)10-23-17(21)12-4-6-13(18)7-5-12/h3-9H,10,18H2,1-2H3,(H,19,20). The van der Waals surface area contributed by atoms with Crippen molar-refractivity contribution in [3.8, 4) is 5.75 Å². The Morgan fingerprint density at radius 2 is 1.83 bits per heavy atom. The first kappa shape index (κ1) is 16.4. The zero-order chi connectivity index (χ0) is 16.8. The van der Waals surface area contributed by atoms with E-state index in [1.165, 1.54) is 7.11 Å². The number of nitrogen functional groups attached to an aromatic ring is 1. The van der Waals surface area contributed by atoms with Crippen molar-refractivity contribution in [2.45, 2.75) is 6.92 Å². The van der Waals surface area contributed by atoms with Crippen molar-refractivity contribution in [2.24, 2.45) is 0 Å². The molecule has 6 heteroatoms. The van der Waals surface area contributed by atoms with Crippen LogP contribution in [0.4, 0.5) is 11.4 Å². The summed E-state index contributed by atoms with van der Waals surface area (Å²) in [5, 5.41) is 2.66. The van der Waals surface area contributed by atoms with Crippen LogP contribution in [0.5, 0.6) is 5.75 Å². The predicted octanol–water partition coefficient (Wildman–Crippen LogP) is 2.38. The van der Waals surface area contributed by atoms with Gasteiger partial charge in [-0.2, -0.15) is 0 Å². The van der Waals surface area contributed by atoms with Gasteiger partial charge in [-0.15, -0.1) is 0 Å². The van der Waals surface area contributed by atoms with Crippen molar-refractivity contribution in [2.75, 3.05) is 24.8 Å². The average molecular weight is 314 g/mol. The molecule has 0 aliphatic rings. The molecule has 0 saturated carbocycles. The second-order valence-electron chi connectivity index (χ2n) is 4.95. The number of esters is 1. The maximum Gasteiger partial charge on any atom is 0.338 e. The third kappa shape index (κ3) is 4.47. The lowest BCUT2D eigenvalue weighted by Crippen LogP contribution is -2.21. The van der Waals surface area contributed by atoms with Crippen molar-refractivity contribution in [3.63, 3.8) is 0 Å². The summed E-state index contributed by atoms with van der Waals surface area (Å²) in [5.74, 6) is -0.497. The highest BCUT2D eigenvalue weighted by Gasteiger charge is 2.12. The lowest BCUT2D eigenvalue weighted by molar-refractivity contribution is -0.119. The monoisotopic (exact) mass is 314 g/mol. The summed E-state index contributed by atoms with van der Waals surface area (Å²) < 4.78 is 10.1. The second-order valence-corrected chi connectivity index (χ2v) is 4.95. The van der Waals surface area contributed by atoms with Crippen molar-refractivity contribution < 1.29 is 19.1 Å². The summed E-state index contributed by atoms with van der Waals surface area (Å²) in [6.45, 7) is 1.51. The Morgan fingerprint density at radius 1 is 1.13 bits per heavy atom. The van der Waals surface area contributed by atoms with Crippen LogP contribution in [0.3, 0.4) is 0 Å². The fourth-order valence-corrected chi connectivity index (χ4v) is 1.94. The number of rotatable bonds is 5. The Bertz CT molecular complexity index is 711. The molecule has 0 radical (unpaired) electrons. The fourth-order valence-electron chi connectivity index (χ4n) is 1.94. The van der Waals surface area contributed by atoms with E-state index >= 15 is 0 Å². The van der Waals surface area contributed by atoms with Gasteiger partial charge in [0.05, 0.1) is 18.4 Å². The highest BCUT2D eigenvalue weighted by molar-refractivity contribution is 5.96. The van der Waals surface area contributed by atoms with Gasteiger partial charge in [0.15, 0.2) is 6.61 Å². The smallest absolute Gasteiger partial charge is 0.338 e. The number of aryl methyl sites for hydroxylation is 1. The third-order valence-corrected chi connectivity index (χ3v) is 3.11. The molecule has 2 aromatic carbocycles. The van der Waals surface area contributed by atoms with E-state index in [1.54, 1.807) is 36.4 Å². The Labute approximate surface area is 134 Å². The van der Waals surface area contributed by atoms with Crippen molar-refractivity contribution >= 4 is 23.3 Å². The summed E-state index contributed by atoms with van der Waals surface area (Å²) in [6.07, 6.45) is 0. The Balaban J connectivity index is 1.94. The third-order valence-electron chi connectivity index (χ3n) is 3.11. The maximum atomic E-state index is 11.9. The van der Waals surface area contributed by atoms with Crippen LogP contribution in [0, 0.1) is 6.92 Å². The molecule has 3 N–H and O–H groups in total. The maximum absolute atomic E-state index is 11.9. The zero-order valence-corrected chi connectivity index (χ0v) is 13.0. The van der Waals surface area contributed by atoms with Gasteiger partial charge in [-0.1, -0.05) is 6.07 Å². The molecule has 0 aliphatic heterocycles. The summed E-state index contributed by atoms with van der Waals surface area (Å²) in [4.78, 5) is 23.7. The van der Waals surface area contributed by atoms with Gasteiger partial charge in [-0.25, -0.2) is 4.79 Å². The van der Waals surface area contributed by atoms with Crippen molar-refractivity contribution in [3.05, 3.63) is 53.6 Å². The van der Waals surface area contributed by atoms with E-state index < -0.39 is 11.9 Å². The molecular weight excluding hydrogens is 296 g/mol. The van der Waals surface area contributed by atoms with Gasteiger partial charge in [-0.05, 0) is 48.9 Å². The molecular formula is C17H18N2O4. The number of ether oxygens (including phenoxy) is 2. The molecule has 2 rings (SSSR count). The number of nitrogens with one attached hydrogen (secondary N) is 1. The number of methoxy groups -OCH3 is 1. The first-order valence-corrected chi connectivity index (χ1v) is 6.97. The number of carbonyl (C=O) groups is 2. The van der Waals surface area contributed by atoms with E-state index in [1.807, 2.05) is 13.0 Å². The number of anilines is 2. The van der Waals surface area contributed by atoms with Crippen LogP contribution in [0.15, 0.2) is 42.5 Å². The SMILES string of the molecule is COc1ccc(C)cc1NC(=O)COC(=O)c1ccc(N)cc1. The fraction of sp³-hybridized carbons (Fsp3) is 0.176. The van der Waals surface area contributed by atoms with E-state index in [0.717, 1.165) is 5.56 Å². The van der Waals surface area contributed by atoms with Gasteiger partial charge in [0.2, 0.25) is 0 Å². The summed E-state index contributed by atoms with van der Waals surface area (Å²) in [5.41, 5.74) is 7.93. The van der Waals surface area contributed by atoms with Crippen LogP contribution < -0.4 is 15.8 Å². The van der Waals surface area contributed by atoms with Gasteiger partial charge in [-0.3, -0.25) is 4.79 Å². The van der Waals surface area contributed by atoms with Gasteiger partial charge < -0.3 is 20.5 Å². The number of hydrogen-bond donors (Lipinski definition) is 2. The number of nitrogens with two attached hydrogens (primary N) is 1. The minimum absolute atomic E-state index is 0.333. The predicted molar refractivity (Wildman–Crippen MR) is 87.5 cm³/mol. The van der Waals surface area contributed by atoms with Crippen LogP contribution in [-0.2, 0) is 9.53 Å². The Hall–Kier alpha value is -3.02. The van der Waals surface area contributed by atoms with Gasteiger partial charge in [0, 0.05) is 5.69 Å². The molecule has 23 heavy (non-hydrogen) atoms. The van der Waals surface area contributed by atoms with Crippen LogP contribution in [0.25, 0.3) is 0 Å².